The summed E-state index contributed by atoms with van der Waals surface area (Å²) in [6.45, 7) is 1.83. The number of carbonyl (C=O) groups excluding carboxylic acids is 2. The minimum atomic E-state index is -0.694. The monoisotopic (exact) mass is 415 g/mol. The molecule has 31 heavy (non-hydrogen) atoms. The Morgan fingerprint density at radius 1 is 0.935 bits per heavy atom. The number of hydrogen-bond acceptors (Lipinski definition) is 4. The summed E-state index contributed by atoms with van der Waals surface area (Å²) in [5.41, 5.74) is 9.13. The lowest BCUT2D eigenvalue weighted by molar-refractivity contribution is -0.122. The molecule has 3 aromatic carbocycles. The Morgan fingerprint density at radius 3 is 2.29 bits per heavy atom. The maximum absolute atomic E-state index is 13.1. The highest BCUT2D eigenvalue weighted by molar-refractivity contribution is 5.95. The second-order valence-electron chi connectivity index (χ2n) is 7.08. The van der Waals surface area contributed by atoms with Crippen LogP contribution in [0.2, 0.25) is 0 Å². The van der Waals surface area contributed by atoms with Gasteiger partial charge in [-0.2, -0.15) is 0 Å². The van der Waals surface area contributed by atoms with Crippen LogP contribution >= 0.6 is 0 Å². The lowest BCUT2D eigenvalue weighted by Crippen LogP contribution is -2.33. The first-order chi connectivity index (χ1) is 14.9. The quantitative estimate of drug-likeness (QED) is 0.286. The summed E-state index contributed by atoms with van der Waals surface area (Å²) in [5.74, 6) is -0.416. The van der Waals surface area contributed by atoms with Crippen molar-refractivity contribution in [2.24, 2.45) is 5.73 Å². The molecule has 0 radical (unpaired) electrons. The Hall–Kier alpha value is -4.13. The molecule has 0 aliphatic rings. The van der Waals surface area contributed by atoms with Gasteiger partial charge in [0.25, 0.3) is 0 Å². The van der Waals surface area contributed by atoms with E-state index in [4.69, 9.17) is 11.1 Å². The van der Waals surface area contributed by atoms with Crippen LogP contribution in [-0.2, 0) is 16.1 Å². The first-order valence-electron chi connectivity index (χ1n) is 9.82. The molecular formula is C24H25N5O2. The topological polar surface area (TPSA) is 120 Å². The number of amidine groups is 1. The molecule has 0 saturated carbocycles. The van der Waals surface area contributed by atoms with Crippen molar-refractivity contribution in [1.82, 2.24) is 5.32 Å². The highest BCUT2D eigenvalue weighted by Crippen LogP contribution is 2.23. The van der Waals surface area contributed by atoms with Crippen LogP contribution in [0.1, 0.15) is 29.7 Å². The molecule has 1 unspecified atom stereocenters. The van der Waals surface area contributed by atoms with Crippen molar-refractivity contribution < 1.29 is 9.59 Å². The van der Waals surface area contributed by atoms with E-state index < -0.39 is 6.04 Å². The third-order valence-electron chi connectivity index (χ3n) is 4.62. The molecule has 6 N–H and O–H groups in total. The van der Waals surface area contributed by atoms with Gasteiger partial charge in [-0.25, -0.2) is 0 Å². The van der Waals surface area contributed by atoms with Crippen molar-refractivity contribution in [1.29, 1.82) is 5.41 Å². The van der Waals surface area contributed by atoms with Gasteiger partial charge in [0.15, 0.2) is 0 Å². The number of amides is 2. The van der Waals surface area contributed by atoms with E-state index in [2.05, 4.69) is 16.0 Å². The van der Waals surface area contributed by atoms with Crippen LogP contribution in [0.5, 0.6) is 0 Å². The van der Waals surface area contributed by atoms with Gasteiger partial charge in [-0.05, 0) is 47.5 Å². The van der Waals surface area contributed by atoms with Gasteiger partial charge in [-0.1, -0.05) is 42.5 Å². The highest BCUT2D eigenvalue weighted by atomic mass is 16.2. The third kappa shape index (κ3) is 6.17. The molecule has 3 rings (SSSR count). The summed E-state index contributed by atoms with van der Waals surface area (Å²) in [5, 5.41) is 16.5. The molecule has 7 heteroatoms. The highest BCUT2D eigenvalue weighted by Gasteiger charge is 2.21. The first-order valence-corrected chi connectivity index (χ1v) is 9.82. The fraction of sp³-hybridized carbons (Fsp3) is 0.125. The SMILES string of the molecule is CC(=O)Nc1cccc(C(Nc2ccc(C(=N)N)cc2)C(=O)NCc2ccccc2)c1. The van der Waals surface area contributed by atoms with Gasteiger partial charge in [0.1, 0.15) is 11.9 Å². The second kappa shape index (κ2) is 10.1. The Morgan fingerprint density at radius 2 is 1.65 bits per heavy atom. The number of benzene rings is 3. The van der Waals surface area contributed by atoms with Crippen molar-refractivity contribution in [3.05, 3.63) is 95.6 Å². The summed E-state index contributed by atoms with van der Waals surface area (Å²) in [4.78, 5) is 24.5. The molecule has 1 atom stereocenters. The predicted octanol–water partition coefficient (Wildman–Crippen LogP) is 3.40. The summed E-state index contributed by atoms with van der Waals surface area (Å²) < 4.78 is 0. The van der Waals surface area contributed by atoms with E-state index in [-0.39, 0.29) is 17.6 Å². The van der Waals surface area contributed by atoms with Crippen molar-refractivity contribution in [3.63, 3.8) is 0 Å². The van der Waals surface area contributed by atoms with Crippen LogP contribution in [0.3, 0.4) is 0 Å². The number of hydrogen-bond donors (Lipinski definition) is 5. The van der Waals surface area contributed by atoms with E-state index in [1.807, 2.05) is 36.4 Å². The van der Waals surface area contributed by atoms with Crippen molar-refractivity contribution >= 4 is 29.0 Å². The largest absolute Gasteiger partial charge is 0.384 e. The molecule has 0 aliphatic carbocycles. The van der Waals surface area contributed by atoms with Gasteiger partial charge >= 0.3 is 0 Å². The smallest absolute Gasteiger partial charge is 0.247 e. The number of nitrogens with two attached hydrogens (primary N) is 1. The number of nitrogens with one attached hydrogen (secondary N) is 4. The van der Waals surface area contributed by atoms with Gasteiger partial charge in [-0.15, -0.1) is 0 Å². The summed E-state index contributed by atoms with van der Waals surface area (Å²) in [6, 6.07) is 23.1. The van der Waals surface area contributed by atoms with Gasteiger partial charge in [-0.3, -0.25) is 15.0 Å². The molecule has 0 heterocycles. The molecule has 3 aromatic rings. The van der Waals surface area contributed by atoms with E-state index in [1.54, 1.807) is 42.5 Å². The maximum atomic E-state index is 13.1. The zero-order valence-electron chi connectivity index (χ0n) is 17.2. The van der Waals surface area contributed by atoms with Crippen molar-refractivity contribution in [2.45, 2.75) is 19.5 Å². The molecule has 0 bridgehead atoms. The molecule has 0 aromatic heterocycles. The predicted molar refractivity (Wildman–Crippen MR) is 123 cm³/mol. The molecule has 0 saturated heterocycles. The van der Waals surface area contributed by atoms with Crippen LogP contribution in [-0.4, -0.2) is 17.6 Å². The molecule has 158 valence electrons. The lowest BCUT2D eigenvalue weighted by atomic mass is 10.0. The van der Waals surface area contributed by atoms with E-state index in [1.165, 1.54) is 6.92 Å². The molecule has 0 spiro atoms. The van der Waals surface area contributed by atoms with E-state index in [0.717, 1.165) is 5.56 Å². The van der Waals surface area contributed by atoms with E-state index >= 15 is 0 Å². The number of anilines is 2. The van der Waals surface area contributed by atoms with Gasteiger partial charge in [0.2, 0.25) is 11.8 Å². The lowest BCUT2D eigenvalue weighted by Gasteiger charge is -2.21. The minimum absolute atomic E-state index is 0.0216. The summed E-state index contributed by atoms with van der Waals surface area (Å²) in [7, 11) is 0. The molecule has 2 amide bonds. The number of carbonyl (C=O) groups is 2. The van der Waals surface area contributed by atoms with Crippen molar-refractivity contribution in [2.75, 3.05) is 10.6 Å². The fourth-order valence-electron chi connectivity index (χ4n) is 3.10. The van der Waals surface area contributed by atoms with Crippen molar-refractivity contribution in [3.8, 4) is 0 Å². The summed E-state index contributed by atoms with van der Waals surface area (Å²) >= 11 is 0. The maximum Gasteiger partial charge on any atom is 0.247 e. The average Bonchev–Trinajstić information content (AvgIpc) is 2.76. The molecule has 7 nitrogen and oxygen atoms in total. The fourth-order valence-corrected chi connectivity index (χ4v) is 3.10. The zero-order chi connectivity index (χ0) is 22.2. The Bertz CT molecular complexity index is 1060. The van der Waals surface area contributed by atoms with Gasteiger partial charge in [0.05, 0.1) is 0 Å². The molecular weight excluding hydrogens is 390 g/mol. The Labute approximate surface area is 181 Å². The second-order valence-corrected chi connectivity index (χ2v) is 7.08. The Kier molecular flexibility index (Phi) is 7.01. The number of nitrogen functional groups attached to an aromatic ring is 1. The minimum Gasteiger partial charge on any atom is -0.384 e. The van der Waals surface area contributed by atoms with E-state index in [0.29, 0.717) is 29.0 Å². The van der Waals surface area contributed by atoms with Crippen LogP contribution in [0.25, 0.3) is 0 Å². The van der Waals surface area contributed by atoms with Crippen LogP contribution < -0.4 is 21.7 Å². The Balaban J connectivity index is 1.84. The normalized spacial score (nSPS) is 11.3. The number of rotatable bonds is 8. The standard InChI is InChI=1S/C24H25N5O2/c1-16(30)28-21-9-5-8-19(14-21)22(24(31)27-15-17-6-3-2-4-7-17)29-20-12-10-18(11-13-20)23(25)26/h2-14,22,29H,15H2,1H3,(H3,25,26)(H,27,31)(H,28,30). The van der Waals surface area contributed by atoms with Gasteiger partial charge in [0, 0.05) is 30.4 Å². The van der Waals surface area contributed by atoms with Crippen LogP contribution in [0.4, 0.5) is 11.4 Å². The molecule has 0 fully saturated rings. The van der Waals surface area contributed by atoms with Crippen LogP contribution in [0, 0.1) is 5.41 Å². The van der Waals surface area contributed by atoms with E-state index in [9.17, 15) is 9.59 Å². The molecule has 0 aliphatic heterocycles. The first kappa shape index (κ1) is 21.6. The van der Waals surface area contributed by atoms with Crippen LogP contribution in [0.15, 0.2) is 78.9 Å². The summed E-state index contributed by atoms with van der Waals surface area (Å²) in [6.07, 6.45) is 0. The third-order valence-corrected chi connectivity index (χ3v) is 4.62. The zero-order valence-corrected chi connectivity index (χ0v) is 17.2. The average molecular weight is 415 g/mol. The van der Waals surface area contributed by atoms with Gasteiger partial charge < -0.3 is 21.7 Å².